The first-order chi connectivity index (χ1) is 56.7. The van der Waals surface area contributed by atoms with E-state index in [1.165, 1.54) is 16.5 Å². The van der Waals surface area contributed by atoms with Crippen LogP contribution in [0.4, 0.5) is 51.2 Å². The molecule has 21 rings (SSSR count). The van der Waals surface area contributed by atoms with Crippen molar-refractivity contribution in [1.82, 2.24) is 4.57 Å². The summed E-state index contributed by atoms with van der Waals surface area (Å²) in [5.41, 5.74) is 25.1. The van der Waals surface area contributed by atoms with E-state index in [2.05, 4.69) is 415 Å². The minimum absolute atomic E-state index is 0.0148. The molecule has 17 aromatic carbocycles. The third-order valence-corrected chi connectivity index (χ3v) is 25.2. The van der Waals surface area contributed by atoms with Crippen LogP contribution in [0.15, 0.2) is 352 Å². The van der Waals surface area contributed by atoms with E-state index in [4.69, 9.17) is 0 Å². The Hall–Kier alpha value is -13.0. The van der Waals surface area contributed by atoms with Crippen molar-refractivity contribution in [2.24, 2.45) is 0 Å². The van der Waals surface area contributed by atoms with Crippen molar-refractivity contribution in [3.63, 3.8) is 0 Å². The van der Waals surface area contributed by atoms with E-state index >= 15 is 0 Å². The lowest BCUT2D eigenvalue weighted by molar-refractivity contribution is 0.590. The Balaban J connectivity index is 0.973. The zero-order valence-electron chi connectivity index (χ0n) is 68.5. The Kier molecular flexibility index (Phi) is 15.2. The predicted molar refractivity (Wildman–Crippen MR) is 492 cm³/mol. The monoisotopic (exact) mass is 1480 g/mol. The lowest BCUT2D eigenvalue weighted by Gasteiger charge is -2.45. The molecule has 546 valence electrons. The summed E-state index contributed by atoms with van der Waals surface area (Å²) >= 11 is 1.80. The van der Waals surface area contributed by atoms with Gasteiger partial charge in [0.05, 0.1) is 32.2 Å². The molecule has 0 saturated heterocycles. The maximum atomic E-state index is 12.2. The molecule has 0 spiro atoms. The van der Waals surface area contributed by atoms with Crippen molar-refractivity contribution < 1.29 is 4.11 Å². The van der Waals surface area contributed by atoms with Gasteiger partial charge in [-0.2, -0.15) is 0 Å². The average molecular weight is 1480 g/mol. The third kappa shape index (κ3) is 11.2. The Morgan fingerprint density at radius 3 is 1.33 bits per heavy atom. The number of fused-ring (bicyclic) bond motifs is 10. The molecule has 0 bridgehead atoms. The number of hydrogen-bond acceptors (Lipinski definition) is 4. The molecule has 4 heterocycles. The van der Waals surface area contributed by atoms with Crippen LogP contribution in [0.25, 0.3) is 126 Å². The Morgan fingerprint density at radius 2 is 0.798 bits per heavy atom. The van der Waals surface area contributed by atoms with Gasteiger partial charge < -0.3 is 19.3 Å². The molecule has 0 amide bonds. The summed E-state index contributed by atoms with van der Waals surface area (Å²) in [5.74, 6) is 0. The minimum atomic E-state index is -0.696. The van der Waals surface area contributed by atoms with Crippen LogP contribution < -0.4 is 30.4 Å². The van der Waals surface area contributed by atoms with Crippen LogP contribution in [0, 0.1) is 0 Å². The zero-order chi connectivity index (χ0) is 79.7. The molecule has 0 atom stereocenters. The first-order valence-electron chi connectivity index (χ1n) is 41.4. The molecule has 6 heteroatoms. The van der Waals surface area contributed by atoms with Crippen molar-refractivity contribution in [3.8, 4) is 61.3 Å². The fourth-order valence-corrected chi connectivity index (χ4v) is 19.7. The summed E-state index contributed by atoms with van der Waals surface area (Å²) in [6.07, 6.45) is 0. The van der Waals surface area contributed by atoms with Crippen molar-refractivity contribution in [2.75, 3.05) is 14.7 Å². The van der Waals surface area contributed by atoms with Gasteiger partial charge in [-0.3, -0.25) is 0 Å². The lowest BCUT2D eigenvalue weighted by atomic mass is 9.36. The number of para-hydroxylation sites is 3. The van der Waals surface area contributed by atoms with Crippen LogP contribution in [0.3, 0.4) is 0 Å². The van der Waals surface area contributed by atoms with E-state index in [-0.39, 0.29) is 34.4 Å². The Morgan fingerprint density at radius 1 is 0.333 bits per heavy atom. The first kappa shape index (κ1) is 65.7. The van der Waals surface area contributed by atoms with Gasteiger partial charge in [-0.15, -0.1) is 11.3 Å². The largest absolute Gasteiger partial charge is 0.311 e. The maximum absolute atomic E-state index is 12.2. The highest BCUT2D eigenvalue weighted by Gasteiger charge is 2.48. The first-order valence-corrected chi connectivity index (χ1v) is 40.7. The smallest absolute Gasteiger partial charge is 0.264 e. The molecule has 19 aromatic rings. The Labute approximate surface area is 676 Å². The molecule has 0 saturated carbocycles. The van der Waals surface area contributed by atoms with Crippen LogP contribution in [-0.2, 0) is 16.2 Å². The number of rotatable bonds is 11. The summed E-state index contributed by atoms with van der Waals surface area (Å²) in [6.45, 7) is 20.1. The highest BCUT2D eigenvalue weighted by molar-refractivity contribution is 7.33. The SMILES string of the molecule is [2H]c1c([2H])c(-n2c3ccccc3c3cc4ccc5cccc6ccc(c4c56)c32)c([2H])c2c1B1c3sc4cc(C(C)(C)C)ccc4c3N(c3c(-c4ccccc4)cc(C(C)(C)C)cc3-c3ccccc3)c3cc(-c4ccc(N(c5ccccc5)c5ccccc5)cc4)cc(c31)N2c1c(-c2ccccc2)cc(C(C)(C)C)cc1-c1ccccc1. The standard InChI is InChI=1S/C108H85BN4S/c1-106(2,3)77-52-57-85-97(66-77)114-105-104(85)113(103-89(71-35-20-12-21-36-71)64-79(108(7,8)9)65-90(103)72-37-22-13-23-38-72)96-61-76(68-49-53-82(54-50-68)110(80-41-24-14-25-42-80)81-43-26-15-27-44-81)60-95-100(96)109(105)92-58-55-83(111-93-46-29-28-45-84(93)91-59-75-48-47-73-39-30-40-74-51-56-86(101(91)111)99(75)98(73)74)67-94(92)112(95)102-87(69-31-16-10-17-32-69)62-78(107(4,5)6)63-88(102)70-33-18-11-19-34-70/h10-67H,1-9H3/i55D,58D,67D. The highest BCUT2D eigenvalue weighted by atomic mass is 32.1. The minimum Gasteiger partial charge on any atom is -0.311 e. The summed E-state index contributed by atoms with van der Waals surface area (Å²) in [6, 6.07) is 122. The molecule has 0 radical (unpaired) electrons. The molecule has 0 N–H and O–H groups in total. The van der Waals surface area contributed by atoms with Crippen LogP contribution in [0.1, 0.15) is 83.1 Å². The quantitative estimate of drug-likeness (QED) is 0.0947. The number of aromatic nitrogens is 1. The van der Waals surface area contributed by atoms with Crippen molar-refractivity contribution >= 4 is 149 Å². The van der Waals surface area contributed by atoms with Gasteiger partial charge >= 0.3 is 0 Å². The molecule has 0 aliphatic carbocycles. The molecule has 0 fully saturated rings. The fraction of sp³-hybridized carbons (Fsp3) is 0.111. The van der Waals surface area contributed by atoms with E-state index in [0.29, 0.717) is 16.8 Å². The Bertz CT molecular complexity index is 7030. The van der Waals surface area contributed by atoms with Gasteiger partial charge in [0.25, 0.3) is 6.71 Å². The molecule has 2 aliphatic heterocycles. The van der Waals surface area contributed by atoms with Gasteiger partial charge in [0.1, 0.15) is 0 Å². The molecule has 2 aliphatic rings. The van der Waals surface area contributed by atoms with E-state index in [0.717, 1.165) is 176 Å². The summed E-state index contributed by atoms with van der Waals surface area (Å²) in [7, 11) is 0. The molecule has 2 aromatic heterocycles. The van der Waals surface area contributed by atoms with E-state index in [1.54, 1.807) is 11.3 Å². The summed E-state index contributed by atoms with van der Waals surface area (Å²) in [4.78, 5) is 7.41. The summed E-state index contributed by atoms with van der Waals surface area (Å²) < 4.78 is 39.7. The predicted octanol–water partition coefficient (Wildman–Crippen LogP) is 28.7. The van der Waals surface area contributed by atoms with Gasteiger partial charge in [-0.05, 0) is 207 Å². The van der Waals surface area contributed by atoms with Crippen LogP contribution in [0.2, 0.25) is 0 Å². The van der Waals surface area contributed by atoms with E-state index in [9.17, 15) is 4.11 Å². The van der Waals surface area contributed by atoms with Gasteiger partial charge in [0.2, 0.25) is 0 Å². The van der Waals surface area contributed by atoms with Gasteiger partial charge in [0, 0.05) is 93.1 Å². The topological polar surface area (TPSA) is 14.7 Å². The molecule has 4 nitrogen and oxygen atoms in total. The second kappa shape index (κ2) is 26.3. The number of benzene rings is 17. The lowest BCUT2D eigenvalue weighted by Crippen LogP contribution is -2.60. The van der Waals surface area contributed by atoms with Crippen molar-refractivity contribution in [3.05, 3.63) is 368 Å². The molecule has 114 heavy (non-hydrogen) atoms. The second-order valence-electron chi connectivity index (χ2n) is 34.1. The summed E-state index contributed by atoms with van der Waals surface area (Å²) in [5, 5.41) is 9.88. The second-order valence-corrected chi connectivity index (χ2v) is 35.2. The van der Waals surface area contributed by atoms with Gasteiger partial charge in [-0.25, -0.2) is 0 Å². The third-order valence-electron chi connectivity index (χ3n) is 24.0. The maximum Gasteiger partial charge on any atom is 0.264 e. The van der Waals surface area contributed by atoms with Crippen LogP contribution >= 0.6 is 11.3 Å². The van der Waals surface area contributed by atoms with Gasteiger partial charge in [-0.1, -0.05) is 311 Å². The number of anilines is 9. The number of hydrogen-bond donors (Lipinski definition) is 0. The van der Waals surface area contributed by atoms with Crippen molar-refractivity contribution in [2.45, 2.75) is 78.6 Å². The zero-order valence-corrected chi connectivity index (χ0v) is 66.3. The van der Waals surface area contributed by atoms with Crippen LogP contribution in [-0.4, -0.2) is 11.3 Å². The van der Waals surface area contributed by atoms with E-state index < -0.39 is 6.71 Å². The normalized spacial score (nSPS) is 13.3. The fourth-order valence-electron chi connectivity index (χ4n) is 18.3. The van der Waals surface area contributed by atoms with E-state index in [1.807, 2.05) is 0 Å². The number of thiophene rings is 1. The van der Waals surface area contributed by atoms with Crippen LogP contribution in [0.5, 0.6) is 0 Å². The van der Waals surface area contributed by atoms with Crippen molar-refractivity contribution in [1.29, 1.82) is 0 Å². The average Bonchev–Trinajstić information content (AvgIpc) is 1.67. The molecular formula is C108H85BN4S. The molecular weight excluding hydrogens is 1400 g/mol. The highest BCUT2D eigenvalue weighted by Crippen LogP contribution is 2.58. The molecule has 0 unspecified atom stereocenters. The van der Waals surface area contributed by atoms with Gasteiger partial charge in [0.15, 0.2) is 0 Å². The number of nitrogens with zero attached hydrogens (tertiary/aromatic N) is 4.